The topological polar surface area (TPSA) is 61.6 Å². The molecule has 0 amide bonds. The molecule has 4 nitrogen and oxygen atoms in total. The fraction of sp³-hybridized carbons (Fsp3) is 0.769. The van der Waals surface area contributed by atoms with Crippen LogP contribution in [0.2, 0.25) is 0 Å². The lowest BCUT2D eigenvalue weighted by Crippen LogP contribution is -2.43. The molecule has 1 atom stereocenters. The van der Waals surface area contributed by atoms with Crippen LogP contribution in [0.25, 0.3) is 0 Å². The number of nitriles is 1. The summed E-state index contributed by atoms with van der Waals surface area (Å²) in [6.45, 7) is 7.07. The van der Waals surface area contributed by atoms with Crippen LogP contribution in [0.1, 0.15) is 44.5 Å². The molecule has 0 spiro atoms. The van der Waals surface area contributed by atoms with E-state index in [0.29, 0.717) is 0 Å². The van der Waals surface area contributed by atoms with Crippen molar-refractivity contribution < 1.29 is 0 Å². The summed E-state index contributed by atoms with van der Waals surface area (Å²) in [4.78, 5) is 0. The third-order valence-electron chi connectivity index (χ3n) is 3.01. The van der Waals surface area contributed by atoms with E-state index in [1.165, 1.54) is 0 Å². The Hall–Kier alpha value is -0.640. The van der Waals surface area contributed by atoms with Gasteiger partial charge in [-0.15, -0.1) is 10.2 Å². The Balaban J connectivity index is 2.34. The average molecular weight is 298 g/mol. The molecule has 0 fully saturated rings. The Morgan fingerprint density at radius 3 is 2.74 bits per heavy atom. The molecule has 1 aromatic heterocycles. The van der Waals surface area contributed by atoms with Gasteiger partial charge in [-0.2, -0.15) is 5.26 Å². The highest BCUT2D eigenvalue weighted by Gasteiger charge is 2.26. The molecule has 19 heavy (non-hydrogen) atoms. The van der Waals surface area contributed by atoms with E-state index in [1.54, 1.807) is 23.1 Å². The minimum Gasteiger partial charge on any atom is -0.299 e. The standard InChI is InChI=1S/C13H22N4S2/c1-4-8-15-13(5-2,10-14)7-6-9-18-12-17-16-11(3)19-12/h15H,4-9H2,1-3H3. The lowest BCUT2D eigenvalue weighted by Gasteiger charge is -2.26. The molecule has 1 unspecified atom stereocenters. The van der Waals surface area contributed by atoms with E-state index in [2.05, 4.69) is 35.4 Å². The quantitative estimate of drug-likeness (QED) is 0.559. The van der Waals surface area contributed by atoms with Gasteiger partial charge in [0.25, 0.3) is 0 Å². The van der Waals surface area contributed by atoms with Crippen LogP contribution in [0.3, 0.4) is 0 Å². The molecule has 0 saturated heterocycles. The number of aromatic nitrogens is 2. The summed E-state index contributed by atoms with van der Waals surface area (Å²) in [7, 11) is 0. The molecule has 0 radical (unpaired) electrons. The Kier molecular flexibility index (Phi) is 7.36. The van der Waals surface area contributed by atoms with Crippen LogP contribution in [0.4, 0.5) is 0 Å². The molecule has 1 rings (SSSR count). The minimum atomic E-state index is -0.354. The fourth-order valence-electron chi connectivity index (χ4n) is 1.80. The van der Waals surface area contributed by atoms with Crippen LogP contribution in [0.5, 0.6) is 0 Å². The molecule has 0 bridgehead atoms. The second-order valence-corrected chi connectivity index (χ2v) is 7.04. The zero-order chi connectivity index (χ0) is 14.1. The normalized spacial score (nSPS) is 14.0. The molecule has 0 aliphatic heterocycles. The first-order valence-corrected chi connectivity index (χ1v) is 8.55. The third kappa shape index (κ3) is 5.47. The molecule has 1 heterocycles. The summed E-state index contributed by atoms with van der Waals surface area (Å²) >= 11 is 3.37. The summed E-state index contributed by atoms with van der Waals surface area (Å²) in [5, 5.41) is 21.9. The maximum Gasteiger partial charge on any atom is 0.174 e. The Bertz CT molecular complexity index is 413. The zero-order valence-corrected chi connectivity index (χ0v) is 13.5. The van der Waals surface area contributed by atoms with Crippen molar-refractivity contribution in [3.63, 3.8) is 0 Å². The molecule has 1 N–H and O–H groups in total. The monoisotopic (exact) mass is 298 g/mol. The van der Waals surface area contributed by atoms with Crippen LogP contribution in [0, 0.1) is 18.3 Å². The minimum absolute atomic E-state index is 0.354. The summed E-state index contributed by atoms with van der Waals surface area (Å²) in [6, 6.07) is 2.46. The van der Waals surface area contributed by atoms with Crippen molar-refractivity contribution in [3.05, 3.63) is 5.01 Å². The lowest BCUT2D eigenvalue weighted by atomic mass is 9.92. The Labute approximate surface area is 124 Å². The smallest absolute Gasteiger partial charge is 0.174 e. The molecule has 0 aliphatic carbocycles. The molecule has 106 valence electrons. The highest BCUT2D eigenvalue weighted by atomic mass is 32.2. The lowest BCUT2D eigenvalue weighted by molar-refractivity contribution is 0.371. The van der Waals surface area contributed by atoms with E-state index < -0.39 is 0 Å². The second-order valence-electron chi connectivity index (χ2n) is 4.51. The largest absolute Gasteiger partial charge is 0.299 e. The number of aryl methyl sites for hydroxylation is 1. The van der Waals surface area contributed by atoms with Gasteiger partial charge in [0.05, 0.1) is 6.07 Å². The number of nitrogens with one attached hydrogen (secondary N) is 1. The van der Waals surface area contributed by atoms with E-state index >= 15 is 0 Å². The van der Waals surface area contributed by atoms with E-state index in [1.807, 2.05) is 6.92 Å². The van der Waals surface area contributed by atoms with Crippen molar-refractivity contribution in [2.24, 2.45) is 0 Å². The highest BCUT2D eigenvalue weighted by molar-refractivity contribution is 8.01. The molecule has 0 saturated carbocycles. The maximum absolute atomic E-state index is 9.38. The highest BCUT2D eigenvalue weighted by Crippen LogP contribution is 2.25. The zero-order valence-electron chi connectivity index (χ0n) is 11.9. The molecular weight excluding hydrogens is 276 g/mol. The van der Waals surface area contributed by atoms with Gasteiger partial charge in [0.1, 0.15) is 10.5 Å². The Morgan fingerprint density at radius 1 is 1.42 bits per heavy atom. The molecular formula is C13H22N4S2. The summed E-state index contributed by atoms with van der Waals surface area (Å²) in [5.74, 6) is 0.992. The SMILES string of the molecule is CCCNC(C#N)(CC)CCCSc1nnc(C)s1. The predicted molar refractivity (Wildman–Crippen MR) is 81.5 cm³/mol. The molecule has 6 heteroatoms. The first-order valence-electron chi connectivity index (χ1n) is 6.75. The van der Waals surface area contributed by atoms with Gasteiger partial charge in [0, 0.05) is 5.75 Å². The number of thioether (sulfide) groups is 1. The molecule has 1 aromatic rings. The van der Waals surface area contributed by atoms with Gasteiger partial charge in [-0.05, 0) is 39.2 Å². The van der Waals surface area contributed by atoms with E-state index in [4.69, 9.17) is 0 Å². The molecule has 0 aromatic carbocycles. The average Bonchev–Trinajstić information content (AvgIpc) is 2.84. The van der Waals surface area contributed by atoms with Gasteiger partial charge in [0.2, 0.25) is 0 Å². The van der Waals surface area contributed by atoms with Gasteiger partial charge in [0.15, 0.2) is 4.34 Å². The third-order valence-corrected chi connectivity index (χ3v) is 5.07. The van der Waals surface area contributed by atoms with Crippen LogP contribution in [0.15, 0.2) is 4.34 Å². The number of hydrogen-bond acceptors (Lipinski definition) is 6. The van der Waals surface area contributed by atoms with Gasteiger partial charge in [-0.25, -0.2) is 0 Å². The van der Waals surface area contributed by atoms with Crippen molar-refractivity contribution in [3.8, 4) is 6.07 Å². The van der Waals surface area contributed by atoms with Crippen LogP contribution >= 0.6 is 23.1 Å². The number of hydrogen-bond donors (Lipinski definition) is 1. The van der Waals surface area contributed by atoms with E-state index in [0.717, 1.165) is 47.3 Å². The maximum atomic E-state index is 9.38. The van der Waals surface area contributed by atoms with E-state index in [-0.39, 0.29) is 5.54 Å². The van der Waals surface area contributed by atoms with Gasteiger partial charge >= 0.3 is 0 Å². The van der Waals surface area contributed by atoms with Crippen molar-refractivity contribution in [2.75, 3.05) is 12.3 Å². The number of nitrogens with zero attached hydrogens (tertiary/aromatic N) is 3. The second kappa shape index (κ2) is 8.51. The van der Waals surface area contributed by atoms with Crippen LogP contribution in [-0.2, 0) is 0 Å². The van der Waals surface area contributed by atoms with Gasteiger partial charge in [-0.1, -0.05) is 36.9 Å². The van der Waals surface area contributed by atoms with Crippen LogP contribution < -0.4 is 5.32 Å². The number of rotatable bonds is 9. The molecule has 0 aliphatic rings. The summed E-state index contributed by atoms with van der Waals surface area (Å²) in [6.07, 6.45) is 3.82. The van der Waals surface area contributed by atoms with Crippen LogP contribution in [-0.4, -0.2) is 28.0 Å². The van der Waals surface area contributed by atoms with Crippen molar-refractivity contribution >= 4 is 23.1 Å². The van der Waals surface area contributed by atoms with E-state index in [9.17, 15) is 5.26 Å². The van der Waals surface area contributed by atoms with Gasteiger partial charge in [-0.3, -0.25) is 5.32 Å². The van der Waals surface area contributed by atoms with Crippen molar-refractivity contribution in [1.82, 2.24) is 15.5 Å². The predicted octanol–water partition coefficient (Wildman–Crippen LogP) is 3.39. The first kappa shape index (κ1) is 16.4. The summed E-state index contributed by atoms with van der Waals surface area (Å²) < 4.78 is 1.03. The van der Waals surface area contributed by atoms with Crippen molar-refractivity contribution in [1.29, 1.82) is 5.26 Å². The van der Waals surface area contributed by atoms with Gasteiger partial charge < -0.3 is 0 Å². The fourth-order valence-corrected chi connectivity index (χ4v) is 3.62. The van der Waals surface area contributed by atoms with Crippen molar-refractivity contribution in [2.45, 2.75) is 56.3 Å². The summed E-state index contributed by atoms with van der Waals surface area (Å²) in [5.41, 5.74) is -0.354. The Morgan fingerprint density at radius 2 is 2.21 bits per heavy atom. The first-order chi connectivity index (χ1) is 9.15.